The fraction of sp³-hybridized carbons (Fsp3) is 0.524. The first kappa shape index (κ1) is 18.8. The Hall–Kier alpha value is -2.54. The monoisotopic (exact) mass is 385 g/mol. The van der Waals surface area contributed by atoms with Crippen molar-refractivity contribution in [3.8, 4) is 11.5 Å². The van der Waals surface area contributed by atoms with Crippen molar-refractivity contribution in [3.05, 3.63) is 40.7 Å². The number of carbonyl (C=O) groups is 1. The third-order valence-electron chi connectivity index (χ3n) is 5.81. The number of carboxylic acid groups (broad SMARTS) is 1. The molecule has 2 aliphatic rings. The van der Waals surface area contributed by atoms with Crippen LogP contribution in [-0.4, -0.2) is 46.5 Å². The van der Waals surface area contributed by atoms with E-state index in [1.54, 1.807) is 14.2 Å². The van der Waals surface area contributed by atoms with Gasteiger partial charge in [-0.25, -0.2) is 0 Å². The molecule has 3 heterocycles. The standard InChI is InChI=1S/C21H27N3O4/c1-27-19-9-14-6-8-23(13-15-10-16-5-3-4-7-24(16)22-15)18(12-21(25)26)17(14)11-20(19)28-2/h9-11,18H,3-8,12-13H2,1-2H3,(H,25,26). The van der Waals surface area contributed by atoms with Crippen LogP contribution in [0.2, 0.25) is 0 Å². The summed E-state index contributed by atoms with van der Waals surface area (Å²) in [4.78, 5) is 13.8. The maximum atomic E-state index is 11.6. The minimum atomic E-state index is -0.804. The molecule has 28 heavy (non-hydrogen) atoms. The molecule has 7 nitrogen and oxygen atoms in total. The number of hydrogen-bond acceptors (Lipinski definition) is 5. The number of rotatable bonds is 6. The Kier molecular flexibility index (Phi) is 5.26. The van der Waals surface area contributed by atoms with Gasteiger partial charge < -0.3 is 14.6 Å². The fourth-order valence-corrected chi connectivity index (χ4v) is 4.44. The fourth-order valence-electron chi connectivity index (χ4n) is 4.44. The number of nitrogens with zero attached hydrogens (tertiary/aromatic N) is 3. The third-order valence-corrected chi connectivity index (χ3v) is 5.81. The lowest BCUT2D eigenvalue weighted by Crippen LogP contribution is -2.36. The molecule has 2 aliphatic heterocycles. The zero-order valence-corrected chi connectivity index (χ0v) is 16.5. The van der Waals surface area contributed by atoms with Crippen LogP contribution in [0.3, 0.4) is 0 Å². The van der Waals surface area contributed by atoms with Gasteiger partial charge in [0.2, 0.25) is 0 Å². The minimum absolute atomic E-state index is 0.0516. The first-order valence-electron chi connectivity index (χ1n) is 9.85. The summed E-state index contributed by atoms with van der Waals surface area (Å²) in [5.74, 6) is 0.517. The van der Waals surface area contributed by atoms with Crippen molar-refractivity contribution in [1.82, 2.24) is 14.7 Å². The lowest BCUT2D eigenvalue weighted by atomic mass is 9.90. The molecule has 0 radical (unpaired) electrons. The van der Waals surface area contributed by atoms with Crippen LogP contribution < -0.4 is 9.47 Å². The lowest BCUT2D eigenvalue weighted by molar-refractivity contribution is -0.138. The molecule has 1 aromatic carbocycles. The van der Waals surface area contributed by atoms with Crippen LogP contribution in [0.25, 0.3) is 0 Å². The Morgan fingerprint density at radius 3 is 2.64 bits per heavy atom. The molecule has 4 rings (SSSR count). The van der Waals surface area contributed by atoms with E-state index >= 15 is 0 Å². The molecule has 150 valence electrons. The maximum Gasteiger partial charge on any atom is 0.305 e. The predicted octanol–water partition coefficient (Wildman–Crippen LogP) is 2.81. The molecule has 2 aromatic rings. The molecule has 1 N–H and O–H groups in total. The Bertz CT molecular complexity index is 853. The second-order valence-electron chi connectivity index (χ2n) is 7.55. The van der Waals surface area contributed by atoms with E-state index in [0.717, 1.165) is 42.8 Å². The molecule has 0 saturated heterocycles. The molecule has 0 fully saturated rings. The minimum Gasteiger partial charge on any atom is -0.493 e. The zero-order valence-electron chi connectivity index (χ0n) is 16.5. The molecule has 0 saturated carbocycles. The second-order valence-corrected chi connectivity index (χ2v) is 7.55. The van der Waals surface area contributed by atoms with Crippen LogP contribution in [0, 0.1) is 0 Å². The van der Waals surface area contributed by atoms with E-state index in [1.807, 2.05) is 12.1 Å². The van der Waals surface area contributed by atoms with E-state index in [0.29, 0.717) is 18.0 Å². The van der Waals surface area contributed by atoms with Crippen LogP contribution >= 0.6 is 0 Å². The van der Waals surface area contributed by atoms with Crippen molar-refractivity contribution < 1.29 is 19.4 Å². The average molecular weight is 385 g/mol. The summed E-state index contributed by atoms with van der Waals surface area (Å²) in [6.45, 7) is 2.43. The van der Waals surface area contributed by atoms with Gasteiger partial charge in [0, 0.05) is 31.4 Å². The lowest BCUT2D eigenvalue weighted by Gasteiger charge is -2.36. The Labute approximate surface area is 164 Å². The molecule has 0 bridgehead atoms. The molecule has 0 aliphatic carbocycles. The van der Waals surface area contributed by atoms with Crippen LogP contribution in [0.15, 0.2) is 18.2 Å². The Morgan fingerprint density at radius 2 is 1.93 bits per heavy atom. The highest BCUT2D eigenvalue weighted by atomic mass is 16.5. The summed E-state index contributed by atoms with van der Waals surface area (Å²) >= 11 is 0. The number of methoxy groups -OCH3 is 2. The number of aryl methyl sites for hydroxylation is 2. The molecule has 1 unspecified atom stereocenters. The van der Waals surface area contributed by atoms with Gasteiger partial charge in [-0.05, 0) is 55.0 Å². The van der Waals surface area contributed by atoms with Crippen molar-refractivity contribution in [1.29, 1.82) is 0 Å². The van der Waals surface area contributed by atoms with Crippen LogP contribution in [0.5, 0.6) is 11.5 Å². The van der Waals surface area contributed by atoms with Crippen molar-refractivity contribution in [2.75, 3.05) is 20.8 Å². The van der Waals surface area contributed by atoms with E-state index in [1.165, 1.54) is 18.5 Å². The number of fused-ring (bicyclic) bond motifs is 2. The van der Waals surface area contributed by atoms with Gasteiger partial charge in [0.1, 0.15) is 0 Å². The number of benzene rings is 1. The highest BCUT2D eigenvalue weighted by Gasteiger charge is 2.31. The van der Waals surface area contributed by atoms with E-state index in [-0.39, 0.29) is 12.5 Å². The predicted molar refractivity (Wildman–Crippen MR) is 104 cm³/mol. The summed E-state index contributed by atoms with van der Waals surface area (Å²) < 4.78 is 13.0. The Morgan fingerprint density at radius 1 is 1.14 bits per heavy atom. The molecule has 0 amide bonds. The first-order valence-corrected chi connectivity index (χ1v) is 9.85. The van der Waals surface area contributed by atoms with Crippen LogP contribution in [-0.2, 0) is 30.7 Å². The van der Waals surface area contributed by atoms with Crippen molar-refractivity contribution in [3.63, 3.8) is 0 Å². The van der Waals surface area contributed by atoms with Gasteiger partial charge >= 0.3 is 5.97 Å². The largest absolute Gasteiger partial charge is 0.493 e. The van der Waals surface area contributed by atoms with E-state index in [4.69, 9.17) is 14.6 Å². The van der Waals surface area contributed by atoms with Crippen molar-refractivity contribution in [2.45, 2.75) is 51.2 Å². The number of hydrogen-bond donors (Lipinski definition) is 1. The van der Waals surface area contributed by atoms with Gasteiger partial charge in [0.25, 0.3) is 0 Å². The van der Waals surface area contributed by atoms with Crippen molar-refractivity contribution >= 4 is 5.97 Å². The van der Waals surface area contributed by atoms with Gasteiger partial charge in [-0.3, -0.25) is 14.4 Å². The topological polar surface area (TPSA) is 76.8 Å². The number of ether oxygens (including phenoxy) is 2. The van der Waals surface area contributed by atoms with E-state index in [9.17, 15) is 9.90 Å². The van der Waals surface area contributed by atoms with Gasteiger partial charge in [0.15, 0.2) is 11.5 Å². The summed E-state index contributed by atoms with van der Waals surface area (Å²) in [5, 5.41) is 14.3. The molecular formula is C21H27N3O4. The van der Waals surface area contributed by atoms with Crippen LogP contribution in [0.1, 0.15) is 47.8 Å². The smallest absolute Gasteiger partial charge is 0.305 e. The molecule has 1 atom stereocenters. The van der Waals surface area contributed by atoms with Gasteiger partial charge in [-0.2, -0.15) is 5.10 Å². The maximum absolute atomic E-state index is 11.6. The number of aliphatic carboxylic acids is 1. The summed E-state index contributed by atoms with van der Waals surface area (Å²) in [6.07, 6.45) is 4.36. The highest BCUT2D eigenvalue weighted by molar-refractivity contribution is 5.68. The summed E-state index contributed by atoms with van der Waals surface area (Å²) in [5.41, 5.74) is 4.45. The van der Waals surface area contributed by atoms with Gasteiger partial charge in [-0.15, -0.1) is 0 Å². The quantitative estimate of drug-likeness (QED) is 0.824. The normalized spacial score (nSPS) is 19.0. The van der Waals surface area contributed by atoms with Gasteiger partial charge in [0.05, 0.1) is 26.3 Å². The molecule has 1 aromatic heterocycles. The van der Waals surface area contributed by atoms with Crippen LogP contribution in [0.4, 0.5) is 0 Å². The number of aromatic nitrogens is 2. The van der Waals surface area contributed by atoms with Gasteiger partial charge in [-0.1, -0.05) is 0 Å². The summed E-state index contributed by atoms with van der Waals surface area (Å²) in [6, 6.07) is 5.89. The highest BCUT2D eigenvalue weighted by Crippen LogP contribution is 2.40. The second kappa shape index (κ2) is 7.83. The van der Waals surface area contributed by atoms with E-state index < -0.39 is 5.97 Å². The third kappa shape index (κ3) is 3.58. The van der Waals surface area contributed by atoms with Crippen molar-refractivity contribution in [2.24, 2.45) is 0 Å². The SMILES string of the molecule is COc1cc2c(cc1OC)C(CC(=O)O)N(Cc1cc3n(n1)CCCC3)CC2. The molecule has 7 heteroatoms. The zero-order chi connectivity index (χ0) is 19.7. The Balaban J connectivity index is 1.64. The first-order chi connectivity index (χ1) is 13.6. The molecular weight excluding hydrogens is 358 g/mol. The number of carboxylic acids is 1. The summed E-state index contributed by atoms with van der Waals surface area (Å²) in [7, 11) is 3.22. The van der Waals surface area contributed by atoms with E-state index in [2.05, 4.69) is 15.6 Å². The molecule has 0 spiro atoms. The average Bonchev–Trinajstić information content (AvgIpc) is 3.10.